The third-order valence-electron chi connectivity index (χ3n) is 3.33. The number of hydrogen-bond acceptors (Lipinski definition) is 5. The second-order valence-electron chi connectivity index (χ2n) is 6.00. The van der Waals surface area contributed by atoms with E-state index >= 15 is 0 Å². The molecule has 1 aliphatic heterocycles. The summed E-state index contributed by atoms with van der Waals surface area (Å²) in [5, 5.41) is 3.82. The van der Waals surface area contributed by atoms with Gasteiger partial charge < -0.3 is 10.1 Å². The zero-order valence-corrected chi connectivity index (χ0v) is 14.1. The Morgan fingerprint density at radius 1 is 1.43 bits per heavy atom. The Balaban J connectivity index is 2.50. The van der Waals surface area contributed by atoms with Crippen molar-refractivity contribution >= 4 is 21.7 Å². The van der Waals surface area contributed by atoms with Crippen LogP contribution in [-0.4, -0.2) is 32.9 Å². The molecule has 118 valence electrons. The van der Waals surface area contributed by atoms with Crippen molar-refractivity contribution in [3.63, 3.8) is 0 Å². The van der Waals surface area contributed by atoms with Crippen LogP contribution in [0.25, 0.3) is 0 Å². The van der Waals surface area contributed by atoms with Gasteiger partial charge in [-0.05, 0) is 32.9 Å². The summed E-state index contributed by atoms with van der Waals surface area (Å²) >= 11 is 6.02. The van der Waals surface area contributed by atoms with Crippen molar-refractivity contribution in [1.29, 1.82) is 0 Å². The predicted molar refractivity (Wildman–Crippen MR) is 81.7 cm³/mol. The second-order valence-corrected chi connectivity index (χ2v) is 8.02. The number of hydrogen-bond donors (Lipinski definition) is 1. The van der Waals surface area contributed by atoms with Crippen molar-refractivity contribution in [2.45, 2.75) is 38.1 Å². The highest BCUT2D eigenvalue weighted by molar-refractivity contribution is 7.86. The molecule has 0 spiro atoms. The van der Waals surface area contributed by atoms with Crippen molar-refractivity contribution in [2.24, 2.45) is 0 Å². The molecule has 1 saturated heterocycles. The molecule has 1 aliphatic rings. The molecule has 1 aromatic rings. The van der Waals surface area contributed by atoms with Gasteiger partial charge in [0.25, 0.3) is 10.1 Å². The molecule has 5 nitrogen and oxygen atoms in total. The van der Waals surface area contributed by atoms with Crippen molar-refractivity contribution in [1.82, 2.24) is 5.32 Å². The molecule has 0 saturated carbocycles. The van der Waals surface area contributed by atoms with Gasteiger partial charge in [-0.25, -0.2) is 4.18 Å². The Morgan fingerprint density at radius 3 is 2.62 bits per heavy atom. The van der Waals surface area contributed by atoms with Crippen LogP contribution in [0.3, 0.4) is 0 Å². The van der Waals surface area contributed by atoms with Crippen LogP contribution in [-0.2, 0) is 24.8 Å². The minimum atomic E-state index is -3.72. The van der Waals surface area contributed by atoms with Gasteiger partial charge in [-0.2, -0.15) is 8.42 Å². The van der Waals surface area contributed by atoms with E-state index in [1.165, 1.54) is 0 Å². The lowest BCUT2D eigenvalue weighted by Gasteiger charge is -2.47. The van der Waals surface area contributed by atoms with Gasteiger partial charge in [0.1, 0.15) is 0 Å². The van der Waals surface area contributed by atoms with Gasteiger partial charge in [-0.3, -0.25) is 0 Å². The van der Waals surface area contributed by atoms with Crippen LogP contribution in [0, 0.1) is 0 Å². The van der Waals surface area contributed by atoms with Crippen molar-refractivity contribution in [3.05, 3.63) is 34.9 Å². The minimum Gasteiger partial charge on any atom is -0.342 e. The minimum absolute atomic E-state index is 0.275. The summed E-state index contributed by atoms with van der Waals surface area (Å²) in [6, 6.07) is 6.47. The molecule has 1 heterocycles. The molecule has 2 atom stereocenters. The Hall–Kier alpha value is -0.660. The highest BCUT2D eigenvalue weighted by Gasteiger charge is 2.49. The SMILES string of the molecule is C[C@@H]1NC(C)(C)CO[C@]1(OS(C)(=O)=O)c1cccc(Cl)c1. The highest BCUT2D eigenvalue weighted by Crippen LogP contribution is 2.38. The Kier molecular flexibility index (Phi) is 4.39. The first-order valence-electron chi connectivity index (χ1n) is 6.62. The highest BCUT2D eigenvalue weighted by atomic mass is 35.5. The molecule has 1 fully saturated rings. The molecular weight excluding hydrogens is 314 g/mol. The molecule has 2 rings (SSSR count). The maximum atomic E-state index is 11.7. The van der Waals surface area contributed by atoms with E-state index in [0.29, 0.717) is 17.2 Å². The zero-order chi connectivity index (χ0) is 15.9. The van der Waals surface area contributed by atoms with Gasteiger partial charge in [0.05, 0.1) is 18.9 Å². The summed E-state index contributed by atoms with van der Waals surface area (Å²) in [5.74, 6) is -1.42. The van der Waals surface area contributed by atoms with E-state index in [-0.39, 0.29) is 11.6 Å². The van der Waals surface area contributed by atoms with Crippen LogP contribution < -0.4 is 5.32 Å². The van der Waals surface area contributed by atoms with Gasteiger partial charge in [0.2, 0.25) is 5.79 Å². The number of benzene rings is 1. The Bertz CT molecular complexity index is 632. The largest absolute Gasteiger partial charge is 0.342 e. The topological polar surface area (TPSA) is 64.6 Å². The third-order valence-corrected chi connectivity index (χ3v) is 4.11. The maximum Gasteiger partial charge on any atom is 0.267 e. The van der Waals surface area contributed by atoms with Gasteiger partial charge >= 0.3 is 0 Å². The molecule has 0 radical (unpaired) electrons. The molecule has 0 aromatic heterocycles. The summed E-state index contributed by atoms with van der Waals surface area (Å²) in [4.78, 5) is 0. The van der Waals surface area contributed by atoms with Gasteiger partial charge in [-0.1, -0.05) is 23.7 Å². The third kappa shape index (κ3) is 3.76. The van der Waals surface area contributed by atoms with Crippen LogP contribution in [0.5, 0.6) is 0 Å². The lowest BCUT2D eigenvalue weighted by molar-refractivity contribution is -0.243. The predicted octanol–water partition coefficient (Wildman–Crippen LogP) is 2.26. The standard InChI is InChI=1S/C14H20ClNO4S/c1-10-14(20-21(4,17)18,19-9-13(2,3)16-10)11-6-5-7-12(15)8-11/h5-8,10,16H,9H2,1-4H3/t10-,14+/m0/s1. The van der Waals surface area contributed by atoms with Crippen molar-refractivity contribution < 1.29 is 17.3 Å². The first kappa shape index (κ1) is 16.7. The summed E-state index contributed by atoms with van der Waals surface area (Å²) in [6.07, 6.45) is 1.01. The van der Waals surface area contributed by atoms with E-state index in [0.717, 1.165) is 6.26 Å². The fourth-order valence-electron chi connectivity index (χ4n) is 2.54. The average Bonchev–Trinajstić information content (AvgIpc) is 2.31. The first-order valence-corrected chi connectivity index (χ1v) is 8.82. The molecule has 0 unspecified atom stereocenters. The summed E-state index contributed by atoms with van der Waals surface area (Å²) < 4.78 is 34.6. The van der Waals surface area contributed by atoms with Crippen molar-refractivity contribution in [3.8, 4) is 0 Å². The molecule has 21 heavy (non-hydrogen) atoms. The van der Waals surface area contributed by atoms with Gasteiger partial charge in [0.15, 0.2) is 0 Å². The van der Waals surface area contributed by atoms with Gasteiger partial charge in [-0.15, -0.1) is 0 Å². The van der Waals surface area contributed by atoms with E-state index < -0.39 is 15.9 Å². The smallest absolute Gasteiger partial charge is 0.267 e. The molecule has 1 aromatic carbocycles. The molecule has 1 N–H and O–H groups in total. The number of ether oxygens (including phenoxy) is 1. The molecule has 0 amide bonds. The number of nitrogens with one attached hydrogen (secondary N) is 1. The van der Waals surface area contributed by atoms with Gasteiger partial charge in [0, 0.05) is 16.1 Å². The fraction of sp³-hybridized carbons (Fsp3) is 0.571. The van der Waals surface area contributed by atoms with E-state index in [1.807, 2.05) is 20.8 Å². The molecule has 0 aliphatic carbocycles. The average molecular weight is 334 g/mol. The lowest BCUT2D eigenvalue weighted by Crippen LogP contribution is -2.64. The maximum absolute atomic E-state index is 11.7. The number of halogens is 1. The summed E-state index contributed by atoms with van der Waals surface area (Å²) in [7, 11) is -3.72. The van der Waals surface area contributed by atoms with E-state index in [2.05, 4.69) is 5.32 Å². The normalized spacial score (nSPS) is 29.3. The fourth-order valence-corrected chi connectivity index (χ4v) is 3.47. The first-order chi connectivity index (χ1) is 9.54. The monoisotopic (exact) mass is 333 g/mol. The Morgan fingerprint density at radius 2 is 2.10 bits per heavy atom. The van der Waals surface area contributed by atoms with Crippen LogP contribution in [0.2, 0.25) is 5.02 Å². The number of morpholine rings is 1. The van der Waals surface area contributed by atoms with Crippen molar-refractivity contribution in [2.75, 3.05) is 12.9 Å². The molecule has 0 bridgehead atoms. The van der Waals surface area contributed by atoms with Crippen LogP contribution in [0.4, 0.5) is 0 Å². The van der Waals surface area contributed by atoms with E-state index in [9.17, 15) is 8.42 Å². The van der Waals surface area contributed by atoms with Crippen LogP contribution >= 0.6 is 11.6 Å². The van der Waals surface area contributed by atoms with E-state index in [4.69, 9.17) is 20.5 Å². The van der Waals surface area contributed by atoms with E-state index in [1.54, 1.807) is 24.3 Å². The van der Waals surface area contributed by atoms with Crippen LogP contribution in [0.15, 0.2) is 24.3 Å². The zero-order valence-electron chi connectivity index (χ0n) is 12.5. The summed E-state index contributed by atoms with van der Waals surface area (Å²) in [6.45, 7) is 6.09. The lowest BCUT2D eigenvalue weighted by atomic mass is 9.92. The molecule has 7 heteroatoms. The summed E-state index contributed by atoms with van der Waals surface area (Å²) in [5.41, 5.74) is 0.290. The Labute approximate surface area is 130 Å². The second kappa shape index (κ2) is 5.52. The number of rotatable bonds is 3. The van der Waals surface area contributed by atoms with Crippen LogP contribution in [0.1, 0.15) is 26.3 Å². The molecular formula is C14H20ClNO4S. The quantitative estimate of drug-likeness (QED) is 0.859.